The molecule has 3 aromatic rings. The Labute approximate surface area is 221 Å². The van der Waals surface area contributed by atoms with Gasteiger partial charge in [0, 0.05) is 31.0 Å². The van der Waals surface area contributed by atoms with Crippen LogP contribution in [0.25, 0.3) is 5.76 Å². The van der Waals surface area contributed by atoms with E-state index in [1.54, 1.807) is 48.9 Å². The predicted octanol–water partition coefficient (Wildman–Crippen LogP) is 3.82. The Balaban J connectivity index is 1.83. The molecular weight excluding hydrogens is 490 g/mol. The number of ketones is 1. The molecule has 0 bridgehead atoms. The van der Waals surface area contributed by atoms with Gasteiger partial charge in [-0.1, -0.05) is 12.1 Å². The summed E-state index contributed by atoms with van der Waals surface area (Å²) in [7, 11) is 4.47. The van der Waals surface area contributed by atoms with Crippen molar-refractivity contribution in [2.75, 3.05) is 34.5 Å². The fraction of sp³-hybridized carbons (Fsp3) is 0.321. The number of nitrogens with zero attached hydrogens (tertiary/aromatic N) is 3. The average Bonchev–Trinajstić information content (AvgIpc) is 3.54. The van der Waals surface area contributed by atoms with E-state index in [1.165, 1.54) is 26.2 Å². The molecule has 4 rings (SSSR count). The van der Waals surface area contributed by atoms with Gasteiger partial charge in [-0.05, 0) is 43.2 Å². The molecular formula is C28H31N3O7. The van der Waals surface area contributed by atoms with Crippen LogP contribution in [-0.2, 0) is 16.1 Å². The van der Waals surface area contributed by atoms with Crippen molar-refractivity contribution in [3.05, 3.63) is 71.8 Å². The van der Waals surface area contributed by atoms with E-state index in [0.717, 1.165) is 0 Å². The number of ether oxygens (including phenoxy) is 4. The Bertz CT molecular complexity index is 1310. The van der Waals surface area contributed by atoms with Crippen molar-refractivity contribution in [2.24, 2.45) is 0 Å². The van der Waals surface area contributed by atoms with Gasteiger partial charge >= 0.3 is 0 Å². The summed E-state index contributed by atoms with van der Waals surface area (Å²) in [5.74, 6) is -0.118. The number of carbonyl (C=O) groups excluding carboxylic acids is 2. The summed E-state index contributed by atoms with van der Waals surface area (Å²) in [6.07, 6.45) is 5.76. The van der Waals surface area contributed by atoms with Gasteiger partial charge in [0.25, 0.3) is 11.7 Å². The molecule has 1 unspecified atom stereocenters. The molecule has 1 saturated heterocycles. The van der Waals surface area contributed by atoms with Crippen molar-refractivity contribution >= 4 is 17.4 Å². The second kappa shape index (κ2) is 11.7. The number of methoxy groups -OCH3 is 3. The van der Waals surface area contributed by atoms with Gasteiger partial charge in [-0.3, -0.25) is 9.59 Å². The van der Waals surface area contributed by atoms with Crippen LogP contribution < -0.4 is 18.9 Å². The van der Waals surface area contributed by atoms with Crippen LogP contribution in [-0.4, -0.2) is 65.7 Å². The zero-order valence-corrected chi connectivity index (χ0v) is 21.8. The normalized spacial score (nSPS) is 16.5. The van der Waals surface area contributed by atoms with Crippen LogP contribution in [0.5, 0.6) is 23.0 Å². The van der Waals surface area contributed by atoms with Gasteiger partial charge in [0.15, 0.2) is 11.5 Å². The summed E-state index contributed by atoms with van der Waals surface area (Å²) in [4.78, 5) is 32.2. The highest BCUT2D eigenvalue weighted by atomic mass is 16.5. The highest BCUT2D eigenvalue weighted by Gasteiger charge is 2.46. The summed E-state index contributed by atoms with van der Waals surface area (Å²) in [5, 5.41) is 11.4. The largest absolute Gasteiger partial charge is 0.507 e. The van der Waals surface area contributed by atoms with Gasteiger partial charge in [0.1, 0.15) is 11.5 Å². The zero-order valence-electron chi connectivity index (χ0n) is 21.8. The molecule has 10 heteroatoms. The van der Waals surface area contributed by atoms with Crippen LogP contribution in [0.2, 0.25) is 0 Å². The number of aromatic nitrogens is 2. The van der Waals surface area contributed by atoms with Crippen LogP contribution >= 0.6 is 0 Å². The van der Waals surface area contributed by atoms with Crippen LogP contribution in [0.15, 0.2) is 60.7 Å². The van der Waals surface area contributed by atoms with E-state index in [4.69, 9.17) is 18.9 Å². The number of imidazole rings is 1. The zero-order chi connectivity index (χ0) is 27.2. The second-order valence-corrected chi connectivity index (χ2v) is 8.57. The van der Waals surface area contributed by atoms with E-state index < -0.39 is 17.7 Å². The van der Waals surface area contributed by atoms with Crippen LogP contribution in [0.1, 0.15) is 30.5 Å². The molecule has 1 atom stereocenters. The molecule has 1 aliphatic rings. The molecule has 0 spiro atoms. The minimum Gasteiger partial charge on any atom is -0.507 e. The van der Waals surface area contributed by atoms with Gasteiger partial charge in [-0.25, -0.2) is 4.98 Å². The Morgan fingerprint density at radius 1 is 1.03 bits per heavy atom. The molecule has 200 valence electrons. The number of likely N-dealkylation sites (tertiary alicyclic amines) is 1. The summed E-state index contributed by atoms with van der Waals surface area (Å²) in [6.45, 7) is 3.16. The highest BCUT2D eigenvalue weighted by molar-refractivity contribution is 6.46. The van der Waals surface area contributed by atoms with E-state index in [2.05, 4.69) is 4.98 Å². The second-order valence-electron chi connectivity index (χ2n) is 8.57. The monoisotopic (exact) mass is 521 g/mol. The van der Waals surface area contributed by atoms with Crippen molar-refractivity contribution in [1.29, 1.82) is 0 Å². The Morgan fingerprint density at radius 2 is 1.76 bits per heavy atom. The maximum atomic E-state index is 13.4. The molecule has 0 aliphatic carbocycles. The lowest BCUT2D eigenvalue weighted by Gasteiger charge is -2.26. The van der Waals surface area contributed by atoms with Crippen molar-refractivity contribution in [3.63, 3.8) is 0 Å². The van der Waals surface area contributed by atoms with E-state index in [-0.39, 0.29) is 17.9 Å². The average molecular weight is 522 g/mol. The summed E-state index contributed by atoms with van der Waals surface area (Å²) in [6, 6.07) is 9.26. The summed E-state index contributed by atoms with van der Waals surface area (Å²) >= 11 is 0. The molecule has 1 aromatic heterocycles. The van der Waals surface area contributed by atoms with Gasteiger partial charge < -0.3 is 33.5 Å². The van der Waals surface area contributed by atoms with E-state index in [9.17, 15) is 14.7 Å². The SMILES string of the molecule is CCOc1cccc(/C(O)=C2\C(=O)C(=O)N(CCCn3ccnc3)C2c2cc(OC)c(OC)c(OC)c2)c1. The predicted molar refractivity (Wildman–Crippen MR) is 140 cm³/mol. The maximum absolute atomic E-state index is 13.4. The number of hydrogen-bond donors (Lipinski definition) is 1. The first kappa shape index (κ1) is 26.6. The third-order valence-electron chi connectivity index (χ3n) is 6.34. The number of rotatable bonds is 11. The standard InChI is InChI=1S/C28H31N3O7/c1-5-38-20-9-6-8-18(14-20)25(32)23-24(19-15-21(35-2)27(37-4)22(16-19)36-3)31(28(34)26(23)33)12-7-11-30-13-10-29-17-30/h6,8-10,13-17,24,32H,5,7,11-12H2,1-4H3/b25-23+. The molecule has 0 saturated carbocycles. The number of aliphatic hydroxyl groups excluding tert-OH is 1. The summed E-state index contributed by atoms with van der Waals surface area (Å²) in [5.41, 5.74) is 0.870. The first-order valence-electron chi connectivity index (χ1n) is 12.2. The van der Waals surface area contributed by atoms with Crippen LogP contribution in [0.3, 0.4) is 0 Å². The van der Waals surface area contributed by atoms with Crippen molar-refractivity contribution in [2.45, 2.75) is 25.9 Å². The van der Waals surface area contributed by atoms with Gasteiger partial charge in [0.05, 0.1) is 45.9 Å². The number of aryl methyl sites for hydroxylation is 1. The first-order valence-corrected chi connectivity index (χ1v) is 12.2. The summed E-state index contributed by atoms with van der Waals surface area (Å²) < 4.78 is 24.0. The Hall–Kier alpha value is -4.47. The lowest BCUT2D eigenvalue weighted by molar-refractivity contribution is -0.139. The number of hydrogen-bond acceptors (Lipinski definition) is 8. The van der Waals surface area contributed by atoms with E-state index >= 15 is 0 Å². The molecule has 38 heavy (non-hydrogen) atoms. The first-order chi connectivity index (χ1) is 18.4. The van der Waals surface area contributed by atoms with Crippen molar-refractivity contribution in [3.8, 4) is 23.0 Å². The molecule has 10 nitrogen and oxygen atoms in total. The third kappa shape index (κ3) is 5.15. The van der Waals surface area contributed by atoms with Crippen LogP contribution in [0, 0.1) is 0 Å². The smallest absolute Gasteiger partial charge is 0.295 e. The minimum atomic E-state index is -0.887. The topological polar surface area (TPSA) is 112 Å². The molecule has 2 heterocycles. The number of aliphatic hydroxyl groups is 1. The van der Waals surface area contributed by atoms with Gasteiger partial charge in [-0.2, -0.15) is 0 Å². The van der Waals surface area contributed by atoms with Crippen molar-refractivity contribution in [1.82, 2.24) is 14.5 Å². The molecule has 1 fully saturated rings. The number of carbonyl (C=O) groups is 2. The van der Waals surface area contributed by atoms with Gasteiger partial charge in [0.2, 0.25) is 5.75 Å². The number of amides is 1. The molecule has 1 N–H and O–H groups in total. The maximum Gasteiger partial charge on any atom is 0.295 e. The Morgan fingerprint density at radius 3 is 2.37 bits per heavy atom. The third-order valence-corrected chi connectivity index (χ3v) is 6.34. The van der Waals surface area contributed by atoms with Crippen molar-refractivity contribution < 1.29 is 33.6 Å². The minimum absolute atomic E-state index is 0.0273. The number of Topliss-reactive ketones (excluding diaryl/α,β-unsaturated/α-hetero) is 1. The van der Waals surface area contributed by atoms with Gasteiger partial charge in [-0.15, -0.1) is 0 Å². The Kier molecular flexibility index (Phi) is 8.20. The lowest BCUT2D eigenvalue weighted by Crippen LogP contribution is -2.31. The fourth-order valence-corrected chi connectivity index (χ4v) is 4.61. The van der Waals surface area contributed by atoms with Crippen LogP contribution in [0.4, 0.5) is 0 Å². The fourth-order valence-electron chi connectivity index (χ4n) is 4.61. The molecule has 2 aromatic carbocycles. The quantitative estimate of drug-likeness (QED) is 0.230. The van der Waals surface area contributed by atoms with E-state index in [1.807, 2.05) is 17.7 Å². The molecule has 0 radical (unpaired) electrons. The molecule has 1 amide bonds. The lowest BCUT2D eigenvalue weighted by atomic mass is 9.94. The molecule has 1 aliphatic heterocycles. The van der Waals surface area contributed by atoms with E-state index in [0.29, 0.717) is 53.7 Å². The number of benzene rings is 2. The highest BCUT2D eigenvalue weighted by Crippen LogP contribution is 2.45.